The monoisotopic (exact) mass is 307 g/mol. The van der Waals surface area contributed by atoms with Crippen LogP contribution in [0.4, 0.5) is 0 Å². The molecule has 1 N–H and O–H groups in total. The van der Waals surface area contributed by atoms with Crippen molar-refractivity contribution >= 4 is 23.6 Å². The lowest BCUT2D eigenvalue weighted by Gasteiger charge is -2.23. The maximum Gasteiger partial charge on any atom is 0.328 e. The fraction of sp³-hybridized carbons (Fsp3) is 0.500. The van der Waals surface area contributed by atoms with E-state index in [0.29, 0.717) is 6.42 Å². The van der Waals surface area contributed by atoms with Crippen LogP contribution in [0.2, 0.25) is 0 Å². The highest BCUT2D eigenvalue weighted by atomic mass is 32.2. The van der Waals surface area contributed by atoms with Gasteiger partial charge in [-0.3, -0.25) is 4.79 Å². The molecular formula is C16H21NO3S. The number of carbonyl (C=O) groups excluding carboxylic acids is 2. The first-order chi connectivity index (χ1) is 9.76. The predicted octanol–water partition coefficient (Wildman–Crippen LogP) is 2.55. The highest BCUT2D eigenvalue weighted by molar-refractivity contribution is 8.01. The van der Waals surface area contributed by atoms with E-state index in [1.54, 1.807) is 18.7 Å². The zero-order valence-electron chi connectivity index (χ0n) is 12.8. The van der Waals surface area contributed by atoms with Gasteiger partial charge in [-0.15, -0.1) is 11.8 Å². The van der Waals surface area contributed by atoms with Gasteiger partial charge >= 0.3 is 5.97 Å². The molecule has 1 unspecified atom stereocenters. The van der Waals surface area contributed by atoms with Crippen molar-refractivity contribution in [2.45, 2.75) is 55.9 Å². The molecule has 0 aromatic heterocycles. The summed E-state index contributed by atoms with van der Waals surface area (Å²) in [6, 6.07) is 7.36. The van der Waals surface area contributed by atoms with Crippen molar-refractivity contribution in [3.05, 3.63) is 29.8 Å². The molecule has 1 aliphatic rings. The Bertz CT molecular complexity index is 526. The minimum atomic E-state index is -0.638. The molecule has 0 spiro atoms. The summed E-state index contributed by atoms with van der Waals surface area (Å²) in [7, 11) is 0. The Morgan fingerprint density at radius 3 is 2.62 bits per heavy atom. The smallest absolute Gasteiger partial charge is 0.328 e. The zero-order valence-corrected chi connectivity index (χ0v) is 13.6. The Morgan fingerprint density at radius 2 is 2.00 bits per heavy atom. The van der Waals surface area contributed by atoms with Gasteiger partial charge in [0.1, 0.15) is 11.6 Å². The zero-order chi connectivity index (χ0) is 15.6. The number of esters is 1. The second-order valence-corrected chi connectivity index (χ2v) is 7.43. The van der Waals surface area contributed by atoms with Crippen LogP contribution < -0.4 is 5.32 Å². The van der Waals surface area contributed by atoms with E-state index in [1.165, 1.54) is 5.56 Å². The first kappa shape index (κ1) is 15.9. The fourth-order valence-corrected chi connectivity index (χ4v) is 3.29. The van der Waals surface area contributed by atoms with E-state index in [0.717, 1.165) is 4.90 Å². The fourth-order valence-electron chi connectivity index (χ4n) is 2.08. The molecule has 2 rings (SSSR count). The van der Waals surface area contributed by atoms with Crippen LogP contribution in [0.25, 0.3) is 0 Å². The van der Waals surface area contributed by atoms with E-state index < -0.39 is 17.6 Å². The molecule has 1 aromatic rings. The lowest BCUT2D eigenvalue weighted by molar-refractivity contribution is -0.158. The average Bonchev–Trinajstić information content (AvgIpc) is 2.80. The Balaban J connectivity index is 1.90. The van der Waals surface area contributed by atoms with Crippen molar-refractivity contribution in [3.63, 3.8) is 0 Å². The molecule has 0 saturated carbocycles. The van der Waals surface area contributed by atoms with E-state index in [-0.39, 0.29) is 11.2 Å². The summed E-state index contributed by atoms with van der Waals surface area (Å²) in [6.07, 6.45) is 0.702. The molecule has 5 heteroatoms. The first-order valence-corrected chi connectivity index (χ1v) is 7.92. The van der Waals surface area contributed by atoms with E-state index in [1.807, 2.05) is 45.0 Å². The Kier molecular flexibility index (Phi) is 4.61. The van der Waals surface area contributed by atoms with Gasteiger partial charge < -0.3 is 10.1 Å². The average molecular weight is 307 g/mol. The Morgan fingerprint density at radius 1 is 1.33 bits per heavy atom. The van der Waals surface area contributed by atoms with Crippen LogP contribution in [0.1, 0.15) is 33.3 Å². The van der Waals surface area contributed by atoms with Crippen LogP contribution in [0.3, 0.4) is 0 Å². The van der Waals surface area contributed by atoms with Gasteiger partial charge in [-0.25, -0.2) is 4.79 Å². The van der Waals surface area contributed by atoms with E-state index in [4.69, 9.17) is 4.74 Å². The van der Waals surface area contributed by atoms with Gasteiger partial charge in [0, 0.05) is 4.90 Å². The summed E-state index contributed by atoms with van der Waals surface area (Å²) in [5, 5.41) is 2.57. The molecule has 0 saturated heterocycles. The molecule has 1 amide bonds. The molecule has 0 radical (unpaired) electrons. The lowest BCUT2D eigenvalue weighted by atomic mass is 10.1. The number of ether oxygens (including phenoxy) is 1. The summed E-state index contributed by atoms with van der Waals surface area (Å²) in [5.74, 6) is -0.522. The van der Waals surface area contributed by atoms with Gasteiger partial charge in [0.15, 0.2) is 0 Å². The third-order valence-electron chi connectivity index (χ3n) is 3.06. The maximum absolute atomic E-state index is 12.3. The van der Waals surface area contributed by atoms with Gasteiger partial charge in [-0.05, 0) is 45.7 Å². The first-order valence-electron chi connectivity index (χ1n) is 7.04. The van der Waals surface area contributed by atoms with Crippen molar-refractivity contribution in [2.75, 3.05) is 0 Å². The second kappa shape index (κ2) is 6.10. The quantitative estimate of drug-likeness (QED) is 0.872. The normalized spacial score (nSPS) is 18.8. The minimum Gasteiger partial charge on any atom is -0.458 e. The topological polar surface area (TPSA) is 55.4 Å². The number of benzene rings is 1. The number of hydrogen-bond donors (Lipinski definition) is 1. The van der Waals surface area contributed by atoms with Gasteiger partial charge in [0.2, 0.25) is 5.91 Å². The van der Waals surface area contributed by atoms with Gasteiger partial charge in [-0.1, -0.05) is 18.2 Å². The van der Waals surface area contributed by atoms with Crippen LogP contribution in [0, 0.1) is 0 Å². The molecule has 0 bridgehead atoms. The molecule has 4 nitrogen and oxygen atoms in total. The predicted molar refractivity (Wildman–Crippen MR) is 83.2 cm³/mol. The van der Waals surface area contributed by atoms with Gasteiger partial charge in [0.25, 0.3) is 0 Å². The summed E-state index contributed by atoms with van der Waals surface area (Å²) < 4.78 is 5.26. The largest absolute Gasteiger partial charge is 0.458 e. The summed E-state index contributed by atoms with van der Waals surface area (Å²) in [4.78, 5) is 25.3. The van der Waals surface area contributed by atoms with E-state index in [2.05, 4.69) is 5.32 Å². The molecule has 114 valence electrons. The van der Waals surface area contributed by atoms with Crippen molar-refractivity contribution < 1.29 is 14.3 Å². The molecule has 1 aromatic carbocycles. The van der Waals surface area contributed by atoms with Crippen LogP contribution in [0.15, 0.2) is 29.2 Å². The number of amides is 1. The number of thioether (sulfide) groups is 1. The van der Waals surface area contributed by atoms with Crippen molar-refractivity contribution in [1.82, 2.24) is 5.32 Å². The number of hydrogen-bond acceptors (Lipinski definition) is 4. The highest BCUT2D eigenvalue weighted by Crippen LogP contribution is 2.36. The van der Waals surface area contributed by atoms with E-state index in [9.17, 15) is 9.59 Å². The number of nitrogens with one attached hydrogen (secondary N) is 1. The lowest BCUT2D eigenvalue weighted by Crippen LogP contribution is -2.45. The molecule has 0 fully saturated rings. The summed E-state index contributed by atoms with van der Waals surface area (Å²) in [5.41, 5.74) is 0.640. The third kappa shape index (κ3) is 4.24. The number of fused-ring (bicyclic) bond motifs is 1. The number of rotatable bonds is 3. The van der Waals surface area contributed by atoms with Gasteiger partial charge in [-0.2, -0.15) is 0 Å². The van der Waals surface area contributed by atoms with Crippen molar-refractivity contribution in [2.24, 2.45) is 0 Å². The maximum atomic E-state index is 12.3. The Hall–Kier alpha value is -1.49. The minimum absolute atomic E-state index is 0.116. The molecule has 1 heterocycles. The van der Waals surface area contributed by atoms with Crippen LogP contribution in [0.5, 0.6) is 0 Å². The summed E-state index contributed by atoms with van der Waals surface area (Å²) in [6.45, 7) is 7.08. The summed E-state index contributed by atoms with van der Waals surface area (Å²) >= 11 is 1.55. The molecule has 1 aliphatic heterocycles. The standard InChI is InChI=1S/C16H21NO3S/c1-10(15(19)20-16(2,3)4)17-14(18)13-9-11-7-5-6-8-12(11)21-13/h5-8,10,13H,9H2,1-4H3,(H,17,18)/t10-,13?/m0/s1. The van der Waals surface area contributed by atoms with Crippen molar-refractivity contribution in [1.29, 1.82) is 0 Å². The van der Waals surface area contributed by atoms with Crippen LogP contribution in [-0.4, -0.2) is 28.8 Å². The SMILES string of the molecule is C[C@H](NC(=O)C1Cc2ccccc2S1)C(=O)OC(C)(C)C. The Labute approximate surface area is 129 Å². The molecule has 2 atom stereocenters. The number of carbonyl (C=O) groups is 2. The van der Waals surface area contributed by atoms with Crippen LogP contribution in [-0.2, 0) is 20.7 Å². The molecular weight excluding hydrogens is 286 g/mol. The second-order valence-electron chi connectivity index (χ2n) is 6.18. The highest BCUT2D eigenvalue weighted by Gasteiger charge is 2.30. The van der Waals surface area contributed by atoms with Crippen LogP contribution >= 0.6 is 11.8 Å². The molecule has 0 aliphatic carbocycles. The van der Waals surface area contributed by atoms with Gasteiger partial charge in [0.05, 0.1) is 5.25 Å². The third-order valence-corrected chi connectivity index (χ3v) is 4.38. The molecule has 21 heavy (non-hydrogen) atoms. The van der Waals surface area contributed by atoms with Crippen molar-refractivity contribution in [3.8, 4) is 0 Å². The van der Waals surface area contributed by atoms with E-state index >= 15 is 0 Å².